The Kier molecular flexibility index (Phi) is 5.99. The van der Waals surface area contributed by atoms with Crippen LogP contribution in [0.3, 0.4) is 0 Å². The lowest BCUT2D eigenvalue weighted by Crippen LogP contribution is -3.28. The number of hydrogen-bond donors (Lipinski definition) is 3. The van der Waals surface area contributed by atoms with Gasteiger partial charge < -0.3 is 20.0 Å². The first kappa shape index (κ1) is 17.8. The maximum Gasteiger partial charge on any atom is 0.279 e. The second kappa shape index (κ2) is 8.40. The van der Waals surface area contributed by atoms with Crippen molar-refractivity contribution in [1.82, 2.24) is 4.90 Å². The van der Waals surface area contributed by atoms with Crippen molar-refractivity contribution in [3.63, 3.8) is 0 Å². The predicted octanol–water partition coefficient (Wildman–Crippen LogP) is -1.83. The second-order valence-corrected chi connectivity index (χ2v) is 7.00. The number of piperazine rings is 1. The zero-order chi connectivity index (χ0) is 17.6. The van der Waals surface area contributed by atoms with Crippen LogP contribution in [0.1, 0.15) is 12.8 Å². The number of anilines is 1. The number of nitrogens with one attached hydrogen (secondary N) is 3. The van der Waals surface area contributed by atoms with Crippen molar-refractivity contribution in [1.29, 1.82) is 0 Å². The van der Waals surface area contributed by atoms with E-state index in [0.717, 1.165) is 52.1 Å². The van der Waals surface area contributed by atoms with Crippen molar-refractivity contribution >= 4 is 17.5 Å². The fourth-order valence-electron chi connectivity index (χ4n) is 3.57. The molecule has 0 atom stereocenters. The largest absolute Gasteiger partial charge is 0.338 e. The minimum Gasteiger partial charge on any atom is -0.338 e. The maximum atomic E-state index is 12.9. The van der Waals surface area contributed by atoms with Crippen LogP contribution in [0.15, 0.2) is 24.3 Å². The number of halogens is 1. The fraction of sp³-hybridized carbons (Fsp3) is 0.556. The molecule has 2 aliphatic heterocycles. The van der Waals surface area contributed by atoms with Crippen LogP contribution in [0, 0.1) is 5.82 Å². The minimum atomic E-state index is -0.314. The zero-order valence-corrected chi connectivity index (χ0v) is 14.5. The van der Waals surface area contributed by atoms with Gasteiger partial charge in [0.2, 0.25) is 0 Å². The van der Waals surface area contributed by atoms with Gasteiger partial charge in [0.1, 0.15) is 32.0 Å². The third-order valence-electron chi connectivity index (χ3n) is 5.06. The topological polar surface area (TPSA) is 58.3 Å². The lowest BCUT2D eigenvalue weighted by atomic mass is 10.3. The highest BCUT2D eigenvalue weighted by Gasteiger charge is 2.28. The molecule has 2 aliphatic rings. The van der Waals surface area contributed by atoms with Gasteiger partial charge in [-0.15, -0.1) is 0 Å². The number of quaternary nitrogens is 2. The molecule has 3 N–H and O–H groups in total. The van der Waals surface area contributed by atoms with Gasteiger partial charge in [-0.1, -0.05) is 0 Å². The van der Waals surface area contributed by atoms with E-state index in [-0.39, 0.29) is 17.6 Å². The molecule has 0 aromatic heterocycles. The first-order valence-corrected chi connectivity index (χ1v) is 9.10. The molecule has 2 amide bonds. The first-order chi connectivity index (χ1) is 12.1. The van der Waals surface area contributed by atoms with Crippen molar-refractivity contribution in [2.24, 2.45) is 0 Å². The smallest absolute Gasteiger partial charge is 0.279 e. The van der Waals surface area contributed by atoms with Crippen LogP contribution in [0.25, 0.3) is 0 Å². The lowest BCUT2D eigenvalue weighted by Gasteiger charge is -2.29. The molecule has 7 heteroatoms. The molecule has 2 saturated heterocycles. The molecular formula is C18H27FN4O2+2. The Morgan fingerprint density at radius 3 is 2.12 bits per heavy atom. The van der Waals surface area contributed by atoms with E-state index >= 15 is 0 Å². The van der Waals surface area contributed by atoms with E-state index in [1.165, 1.54) is 21.9 Å². The van der Waals surface area contributed by atoms with Crippen LogP contribution in [0.5, 0.6) is 0 Å². The number of benzene rings is 1. The van der Waals surface area contributed by atoms with Gasteiger partial charge in [0, 0.05) is 18.8 Å². The Morgan fingerprint density at radius 2 is 1.52 bits per heavy atom. The van der Waals surface area contributed by atoms with Crippen molar-refractivity contribution < 1.29 is 23.8 Å². The molecule has 0 radical (unpaired) electrons. The summed E-state index contributed by atoms with van der Waals surface area (Å²) in [6.07, 6.45) is 2.25. The molecule has 2 fully saturated rings. The average Bonchev–Trinajstić information content (AvgIpc) is 3.13. The number of amides is 2. The summed E-state index contributed by atoms with van der Waals surface area (Å²) >= 11 is 0. The van der Waals surface area contributed by atoms with Gasteiger partial charge in [-0.3, -0.25) is 9.59 Å². The molecule has 136 valence electrons. The summed E-state index contributed by atoms with van der Waals surface area (Å²) in [7, 11) is 0. The Hall–Kier alpha value is -1.99. The summed E-state index contributed by atoms with van der Waals surface area (Å²) in [5.41, 5.74) is 0.617. The summed E-state index contributed by atoms with van der Waals surface area (Å²) in [4.78, 5) is 28.8. The van der Waals surface area contributed by atoms with E-state index in [4.69, 9.17) is 0 Å². The number of likely N-dealkylation sites (tertiary alicyclic amines) is 1. The standard InChI is InChI=1S/C18H25FN4O2/c19-15-3-5-16(6-4-15)20-17(24)13-21-9-11-22(12-10-21)14-18(25)23-7-1-2-8-23/h3-6H,1-2,7-14H2,(H,20,24)/p+2. The first-order valence-electron chi connectivity index (χ1n) is 9.10. The second-order valence-electron chi connectivity index (χ2n) is 7.00. The Morgan fingerprint density at radius 1 is 0.960 bits per heavy atom. The van der Waals surface area contributed by atoms with Crippen molar-refractivity contribution in [3.05, 3.63) is 30.1 Å². The number of carbonyl (C=O) groups is 2. The molecule has 0 aliphatic carbocycles. The fourth-order valence-corrected chi connectivity index (χ4v) is 3.57. The third kappa shape index (κ3) is 5.24. The summed E-state index contributed by atoms with van der Waals surface area (Å²) in [6.45, 7) is 6.41. The van der Waals surface area contributed by atoms with E-state index in [2.05, 4.69) is 5.32 Å². The molecule has 1 aromatic carbocycles. The highest BCUT2D eigenvalue weighted by atomic mass is 19.1. The summed E-state index contributed by atoms with van der Waals surface area (Å²) in [5, 5.41) is 2.80. The molecule has 0 bridgehead atoms. The summed E-state index contributed by atoms with van der Waals surface area (Å²) in [6, 6.07) is 5.80. The number of nitrogens with zero attached hydrogens (tertiary/aromatic N) is 1. The molecule has 6 nitrogen and oxygen atoms in total. The van der Waals surface area contributed by atoms with Gasteiger partial charge in [-0.25, -0.2) is 4.39 Å². The quantitative estimate of drug-likeness (QED) is 0.585. The van der Waals surface area contributed by atoms with Crippen LogP contribution < -0.4 is 15.1 Å². The molecule has 1 aromatic rings. The molecule has 0 spiro atoms. The zero-order valence-electron chi connectivity index (χ0n) is 14.5. The molecular weight excluding hydrogens is 323 g/mol. The number of carbonyl (C=O) groups excluding carboxylic acids is 2. The monoisotopic (exact) mass is 350 g/mol. The summed E-state index contributed by atoms with van der Waals surface area (Å²) in [5.74, 6) is -0.102. The van der Waals surface area contributed by atoms with Gasteiger partial charge >= 0.3 is 0 Å². The van der Waals surface area contributed by atoms with Gasteiger partial charge in [0.05, 0.1) is 0 Å². The van der Waals surface area contributed by atoms with E-state index in [9.17, 15) is 14.0 Å². The maximum absolute atomic E-state index is 12.9. The minimum absolute atomic E-state index is 0.0572. The van der Waals surface area contributed by atoms with E-state index in [1.54, 1.807) is 12.1 Å². The molecule has 0 unspecified atom stereocenters. The number of hydrogen-bond acceptors (Lipinski definition) is 2. The highest BCUT2D eigenvalue weighted by Crippen LogP contribution is 2.07. The highest BCUT2D eigenvalue weighted by molar-refractivity contribution is 5.91. The number of rotatable bonds is 5. The normalized spacial score (nSPS) is 23.5. The van der Waals surface area contributed by atoms with Crippen molar-refractivity contribution in [2.75, 3.05) is 57.7 Å². The Labute approximate surface area is 147 Å². The van der Waals surface area contributed by atoms with Gasteiger partial charge in [0.25, 0.3) is 11.8 Å². The van der Waals surface area contributed by atoms with Crippen LogP contribution in [-0.2, 0) is 9.59 Å². The molecule has 25 heavy (non-hydrogen) atoms. The van der Waals surface area contributed by atoms with Gasteiger partial charge in [-0.2, -0.15) is 0 Å². The third-order valence-corrected chi connectivity index (χ3v) is 5.06. The van der Waals surface area contributed by atoms with E-state index < -0.39 is 0 Å². The van der Waals surface area contributed by atoms with Gasteiger partial charge in [-0.05, 0) is 37.1 Å². The average molecular weight is 350 g/mol. The van der Waals surface area contributed by atoms with Gasteiger partial charge in [0.15, 0.2) is 13.1 Å². The lowest BCUT2D eigenvalue weighted by molar-refractivity contribution is -1.00. The van der Waals surface area contributed by atoms with E-state index in [1.807, 2.05) is 4.90 Å². The molecule has 3 rings (SSSR count). The van der Waals surface area contributed by atoms with Crippen LogP contribution >= 0.6 is 0 Å². The molecule has 2 heterocycles. The van der Waals surface area contributed by atoms with E-state index in [0.29, 0.717) is 18.8 Å². The van der Waals surface area contributed by atoms with Crippen LogP contribution in [-0.4, -0.2) is 69.1 Å². The van der Waals surface area contributed by atoms with Crippen molar-refractivity contribution in [3.8, 4) is 0 Å². The van der Waals surface area contributed by atoms with Crippen LogP contribution in [0.4, 0.5) is 10.1 Å². The van der Waals surface area contributed by atoms with Crippen molar-refractivity contribution in [2.45, 2.75) is 12.8 Å². The Balaban J connectivity index is 1.37. The SMILES string of the molecule is O=C(C[NH+]1CC[NH+](CC(=O)N2CCCC2)CC1)Nc1ccc(F)cc1. The predicted molar refractivity (Wildman–Crippen MR) is 92.0 cm³/mol. The molecule has 0 saturated carbocycles. The summed E-state index contributed by atoms with van der Waals surface area (Å²) < 4.78 is 12.9. The Bertz CT molecular complexity index is 594. The van der Waals surface area contributed by atoms with Crippen LogP contribution in [0.2, 0.25) is 0 Å².